The molecule has 0 saturated carbocycles. The molecule has 0 spiro atoms. The highest BCUT2D eigenvalue weighted by Crippen LogP contribution is 2.38. The molecule has 2 aromatic rings. The quantitative estimate of drug-likeness (QED) is 0.739. The van der Waals surface area contributed by atoms with Crippen molar-refractivity contribution in [2.24, 2.45) is 0 Å². The number of hydrogen-bond donors (Lipinski definition) is 1. The molecule has 1 heterocycles. The van der Waals surface area contributed by atoms with Gasteiger partial charge in [-0.3, -0.25) is 4.90 Å². The first-order valence-electron chi connectivity index (χ1n) is 8.43. The fourth-order valence-corrected chi connectivity index (χ4v) is 3.63. The molecule has 3 rings (SSSR count). The summed E-state index contributed by atoms with van der Waals surface area (Å²) >= 11 is 12.3. The van der Waals surface area contributed by atoms with Crippen LogP contribution in [0.5, 0.6) is 0 Å². The molecule has 1 aliphatic heterocycles. The van der Waals surface area contributed by atoms with Crippen molar-refractivity contribution < 1.29 is 13.2 Å². The number of hydrogen-bond acceptors (Lipinski definition) is 2. The van der Waals surface area contributed by atoms with Crippen molar-refractivity contribution in [2.45, 2.75) is 18.6 Å². The van der Waals surface area contributed by atoms with Gasteiger partial charge in [0.05, 0.1) is 11.6 Å². The van der Waals surface area contributed by atoms with Crippen LogP contribution in [0.1, 0.15) is 29.2 Å². The minimum Gasteiger partial charge on any atom is -0.315 e. The summed E-state index contributed by atoms with van der Waals surface area (Å²) in [5.41, 5.74) is 0.645. The van der Waals surface area contributed by atoms with Crippen LogP contribution in [0, 0.1) is 0 Å². The fraction of sp³-hybridized carbons (Fsp3) is 0.368. The molecule has 1 aliphatic rings. The van der Waals surface area contributed by atoms with Crippen LogP contribution < -0.4 is 5.32 Å². The van der Waals surface area contributed by atoms with Gasteiger partial charge in [0.25, 0.3) is 0 Å². The lowest BCUT2D eigenvalue weighted by molar-refractivity contribution is -0.137. The van der Waals surface area contributed by atoms with E-state index in [1.807, 2.05) is 12.1 Å². The molecule has 0 aromatic heterocycles. The maximum atomic E-state index is 13.2. The number of rotatable bonds is 3. The highest BCUT2D eigenvalue weighted by Gasteiger charge is 2.33. The Labute approximate surface area is 160 Å². The molecule has 26 heavy (non-hydrogen) atoms. The monoisotopic (exact) mass is 402 g/mol. The van der Waals surface area contributed by atoms with Gasteiger partial charge in [0.15, 0.2) is 0 Å². The van der Waals surface area contributed by atoms with Crippen molar-refractivity contribution >= 4 is 23.2 Å². The second kappa shape index (κ2) is 8.17. The number of alkyl halides is 3. The predicted octanol–water partition coefficient (Wildman–Crippen LogP) is 5.40. The van der Waals surface area contributed by atoms with Gasteiger partial charge < -0.3 is 5.32 Å². The van der Waals surface area contributed by atoms with Crippen LogP contribution in [0.4, 0.5) is 13.2 Å². The van der Waals surface area contributed by atoms with Gasteiger partial charge in [-0.15, -0.1) is 0 Å². The summed E-state index contributed by atoms with van der Waals surface area (Å²) in [4.78, 5) is 2.17. The second-order valence-corrected chi connectivity index (χ2v) is 7.17. The van der Waals surface area contributed by atoms with E-state index in [1.165, 1.54) is 12.1 Å². The van der Waals surface area contributed by atoms with E-state index in [4.69, 9.17) is 23.2 Å². The summed E-state index contributed by atoms with van der Waals surface area (Å²) in [6, 6.07) is 10.4. The summed E-state index contributed by atoms with van der Waals surface area (Å²) in [5.74, 6) is 0. The Morgan fingerprint density at radius 2 is 1.69 bits per heavy atom. The van der Waals surface area contributed by atoms with E-state index >= 15 is 0 Å². The number of nitrogens with zero attached hydrogens (tertiary/aromatic N) is 1. The second-order valence-electron chi connectivity index (χ2n) is 6.33. The third-order valence-electron chi connectivity index (χ3n) is 4.54. The van der Waals surface area contributed by atoms with Crippen LogP contribution >= 0.6 is 23.2 Å². The van der Waals surface area contributed by atoms with Crippen LogP contribution in [-0.4, -0.2) is 31.1 Å². The highest BCUT2D eigenvalue weighted by molar-refractivity contribution is 6.31. The molecule has 140 valence electrons. The smallest absolute Gasteiger partial charge is 0.315 e. The van der Waals surface area contributed by atoms with E-state index in [-0.39, 0.29) is 6.04 Å². The van der Waals surface area contributed by atoms with Crippen molar-refractivity contribution in [3.05, 3.63) is 69.2 Å². The Bertz CT molecular complexity index is 739. The summed E-state index contributed by atoms with van der Waals surface area (Å²) in [6.07, 6.45) is -3.50. The van der Waals surface area contributed by atoms with Crippen LogP contribution in [0.25, 0.3) is 0 Å². The molecule has 0 aliphatic carbocycles. The van der Waals surface area contributed by atoms with Crippen molar-refractivity contribution in [3.63, 3.8) is 0 Å². The zero-order chi connectivity index (χ0) is 18.7. The lowest BCUT2D eigenvalue weighted by Crippen LogP contribution is -2.33. The van der Waals surface area contributed by atoms with Crippen molar-refractivity contribution in [2.75, 3.05) is 26.2 Å². The fourth-order valence-electron chi connectivity index (χ4n) is 3.29. The SMILES string of the molecule is FC(F)(F)c1ccc(Cl)c(C(c2ccc(Cl)cc2)N2CCCNCC2)c1. The molecule has 1 fully saturated rings. The van der Waals surface area contributed by atoms with E-state index in [0.29, 0.717) is 15.6 Å². The average Bonchev–Trinajstić information content (AvgIpc) is 2.87. The van der Waals surface area contributed by atoms with Gasteiger partial charge in [-0.25, -0.2) is 0 Å². The molecule has 7 heteroatoms. The molecule has 0 amide bonds. The first kappa shape index (κ1) is 19.5. The van der Waals surface area contributed by atoms with Crippen molar-refractivity contribution in [3.8, 4) is 0 Å². The molecule has 0 radical (unpaired) electrons. The first-order chi connectivity index (χ1) is 12.4. The Morgan fingerprint density at radius 1 is 0.962 bits per heavy atom. The van der Waals surface area contributed by atoms with Crippen molar-refractivity contribution in [1.29, 1.82) is 0 Å². The summed E-state index contributed by atoms with van der Waals surface area (Å²) < 4.78 is 39.7. The Hall–Kier alpha value is -1.27. The standard InChI is InChI=1S/C19H19Cl2F3N2/c20-15-5-2-13(3-6-15)18(26-10-1-8-25-9-11-26)16-12-14(19(22,23)24)4-7-17(16)21/h2-7,12,18,25H,1,8-11H2. The third-order valence-corrected chi connectivity index (χ3v) is 5.14. The minimum atomic E-state index is -4.41. The lowest BCUT2D eigenvalue weighted by atomic mass is 9.95. The van der Waals surface area contributed by atoms with E-state index in [2.05, 4.69) is 10.2 Å². The van der Waals surface area contributed by atoms with Gasteiger partial charge in [-0.2, -0.15) is 13.2 Å². The minimum absolute atomic E-state index is 0.329. The van der Waals surface area contributed by atoms with Crippen LogP contribution in [0.3, 0.4) is 0 Å². The number of benzene rings is 2. The zero-order valence-electron chi connectivity index (χ0n) is 14.0. The third kappa shape index (κ3) is 4.52. The average molecular weight is 403 g/mol. The molecule has 1 N–H and O–H groups in total. The van der Waals surface area contributed by atoms with Gasteiger partial charge in [0.2, 0.25) is 0 Å². The highest BCUT2D eigenvalue weighted by atomic mass is 35.5. The lowest BCUT2D eigenvalue weighted by Gasteiger charge is -2.32. The number of halogens is 5. The van der Waals surface area contributed by atoms with E-state index in [1.54, 1.807) is 12.1 Å². The van der Waals surface area contributed by atoms with Gasteiger partial charge in [-0.05, 0) is 54.4 Å². The summed E-state index contributed by atoms with van der Waals surface area (Å²) in [7, 11) is 0. The van der Waals surface area contributed by atoms with Crippen molar-refractivity contribution in [1.82, 2.24) is 10.2 Å². The molecule has 1 unspecified atom stereocenters. The maximum Gasteiger partial charge on any atom is 0.416 e. The Balaban J connectivity index is 2.09. The maximum absolute atomic E-state index is 13.2. The molecular weight excluding hydrogens is 384 g/mol. The van der Waals surface area contributed by atoms with E-state index in [0.717, 1.165) is 44.2 Å². The largest absolute Gasteiger partial charge is 0.416 e. The Kier molecular flexibility index (Phi) is 6.13. The molecule has 1 atom stereocenters. The van der Waals surface area contributed by atoms with E-state index in [9.17, 15) is 13.2 Å². The predicted molar refractivity (Wildman–Crippen MR) is 98.8 cm³/mol. The molecule has 1 saturated heterocycles. The van der Waals surface area contributed by atoms with Gasteiger partial charge in [-0.1, -0.05) is 35.3 Å². The molecule has 2 aromatic carbocycles. The normalized spacial score (nSPS) is 17.7. The topological polar surface area (TPSA) is 15.3 Å². The Morgan fingerprint density at radius 3 is 2.38 bits per heavy atom. The summed E-state index contributed by atoms with van der Waals surface area (Å²) in [5, 5.41) is 4.23. The molecule has 2 nitrogen and oxygen atoms in total. The van der Waals surface area contributed by atoms with Crippen LogP contribution in [-0.2, 0) is 6.18 Å². The summed E-state index contributed by atoms with van der Waals surface area (Å²) in [6.45, 7) is 3.16. The molecular formula is C19H19Cl2F3N2. The van der Waals surface area contributed by atoms with E-state index < -0.39 is 11.7 Å². The first-order valence-corrected chi connectivity index (χ1v) is 9.19. The van der Waals surface area contributed by atoms with Crippen LogP contribution in [0.15, 0.2) is 42.5 Å². The van der Waals surface area contributed by atoms with Gasteiger partial charge in [0.1, 0.15) is 0 Å². The van der Waals surface area contributed by atoms with Gasteiger partial charge >= 0.3 is 6.18 Å². The molecule has 0 bridgehead atoms. The van der Waals surface area contributed by atoms with Gasteiger partial charge in [0, 0.05) is 29.7 Å². The zero-order valence-corrected chi connectivity index (χ0v) is 15.5. The van der Waals surface area contributed by atoms with Crippen LogP contribution in [0.2, 0.25) is 10.0 Å². The number of nitrogens with one attached hydrogen (secondary N) is 1.